The van der Waals surface area contributed by atoms with Crippen LogP contribution >= 0.6 is 0 Å². The highest BCUT2D eigenvalue weighted by molar-refractivity contribution is 5.83. The Hall–Kier alpha value is -1.06. The molecule has 1 fully saturated rings. The van der Waals surface area contributed by atoms with Crippen LogP contribution in [0.15, 0.2) is 0 Å². The molecule has 0 saturated heterocycles. The molecule has 1 saturated carbocycles. The summed E-state index contributed by atoms with van der Waals surface area (Å²) in [5, 5.41) is 11.6. The highest BCUT2D eigenvalue weighted by atomic mass is 16.4. The molecule has 0 aromatic rings. The van der Waals surface area contributed by atoms with E-state index in [-0.39, 0.29) is 5.91 Å². The molecular formula is C13H23NO3. The zero-order valence-electron chi connectivity index (χ0n) is 10.6. The fourth-order valence-electron chi connectivity index (χ4n) is 2.45. The number of carbonyl (C=O) groups excluding carboxylic acids is 1. The molecule has 17 heavy (non-hydrogen) atoms. The van der Waals surface area contributed by atoms with E-state index in [4.69, 9.17) is 5.11 Å². The number of hydrogen-bond acceptors (Lipinski definition) is 2. The van der Waals surface area contributed by atoms with E-state index >= 15 is 0 Å². The fraction of sp³-hybridized carbons (Fsp3) is 0.846. The minimum atomic E-state index is -0.927. The normalized spacial score (nSPS) is 18.6. The number of carboxylic acids is 1. The minimum absolute atomic E-state index is 0.0993. The lowest BCUT2D eigenvalue weighted by atomic mass is 9.87. The summed E-state index contributed by atoms with van der Waals surface area (Å²) in [5.41, 5.74) is 0. The van der Waals surface area contributed by atoms with Gasteiger partial charge in [0.05, 0.1) is 0 Å². The van der Waals surface area contributed by atoms with Crippen LogP contribution in [0.3, 0.4) is 0 Å². The van der Waals surface area contributed by atoms with Crippen LogP contribution in [0.25, 0.3) is 0 Å². The van der Waals surface area contributed by atoms with Crippen LogP contribution in [0.2, 0.25) is 0 Å². The van der Waals surface area contributed by atoms with Crippen LogP contribution in [0.5, 0.6) is 0 Å². The Kier molecular flexibility index (Phi) is 6.01. The zero-order chi connectivity index (χ0) is 12.7. The number of carboxylic acid groups (broad SMARTS) is 1. The summed E-state index contributed by atoms with van der Waals surface area (Å²) < 4.78 is 0. The number of nitrogens with one attached hydrogen (secondary N) is 1. The first-order valence-corrected chi connectivity index (χ1v) is 6.65. The van der Waals surface area contributed by atoms with Gasteiger partial charge < -0.3 is 10.4 Å². The smallest absolute Gasteiger partial charge is 0.326 e. The van der Waals surface area contributed by atoms with E-state index in [9.17, 15) is 9.59 Å². The van der Waals surface area contributed by atoms with Crippen molar-refractivity contribution in [2.24, 2.45) is 5.92 Å². The van der Waals surface area contributed by atoms with Gasteiger partial charge in [0.2, 0.25) is 5.91 Å². The predicted octanol–water partition coefficient (Wildman–Crippen LogP) is 2.33. The van der Waals surface area contributed by atoms with Crippen LogP contribution in [0.4, 0.5) is 0 Å². The number of hydrogen-bond donors (Lipinski definition) is 2. The topological polar surface area (TPSA) is 66.4 Å². The molecule has 1 aliphatic carbocycles. The molecule has 0 heterocycles. The molecule has 4 nitrogen and oxygen atoms in total. The number of carbonyl (C=O) groups is 2. The molecule has 0 unspecified atom stereocenters. The van der Waals surface area contributed by atoms with E-state index < -0.39 is 12.0 Å². The maximum atomic E-state index is 11.7. The second-order valence-electron chi connectivity index (χ2n) is 4.96. The Bertz CT molecular complexity index is 259. The van der Waals surface area contributed by atoms with Crippen LogP contribution in [-0.4, -0.2) is 23.0 Å². The Labute approximate surface area is 103 Å². The Morgan fingerprint density at radius 3 is 2.47 bits per heavy atom. The molecular weight excluding hydrogens is 218 g/mol. The van der Waals surface area contributed by atoms with Gasteiger partial charge in [0.15, 0.2) is 0 Å². The summed E-state index contributed by atoms with van der Waals surface area (Å²) >= 11 is 0. The van der Waals surface area contributed by atoms with Crippen molar-refractivity contribution in [3.05, 3.63) is 0 Å². The van der Waals surface area contributed by atoms with E-state index in [1.807, 2.05) is 6.92 Å². The maximum Gasteiger partial charge on any atom is 0.326 e. The van der Waals surface area contributed by atoms with Gasteiger partial charge in [0, 0.05) is 6.42 Å². The first-order valence-electron chi connectivity index (χ1n) is 6.65. The second kappa shape index (κ2) is 7.30. The Balaban J connectivity index is 2.33. The van der Waals surface area contributed by atoms with Crippen molar-refractivity contribution in [2.45, 2.75) is 64.3 Å². The molecule has 0 spiro atoms. The van der Waals surface area contributed by atoms with Crippen LogP contribution in [0, 0.1) is 5.92 Å². The van der Waals surface area contributed by atoms with E-state index in [1.165, 1.54) is 19.3 Å². The fourth-order valence-corrected chi connectivity index (χ4v) is 2.45. The molecule has 2 N–H and O–H groups in total. The van der Waals surface area contributed by atoms with Crippen molar-refractivity contribution >= 4 is 11.9 Å². The van der Waals surface area contributed by atoms with Gasteiger partial charge in [-0.1, -0.05) is 32.6 Å². The summed E-state index contributed by atoms with van der Waals surface area (Å²) in [6.07, 6.45) is 7.66. The molecule has 1 rings (SSSR count). The Morgan fingerprint density at radius 2 is 1.94 bits per heavy atom. The van der Waals surface area contributed by atoms with E-state index in [1.54, 1.807) is 0 Å². The number of amides is 1. The van der Waals surface area contributed by atoms with Crippen LogP contribution < -0.4 is 5.32 Å². The summed E-state index contributed by atoms with van der Waals surface area (Å²) in [5.74, 6) is -0.568. The van der Waals surface area contributed by atoms with Crippen LogP contribution in [-0.2, 0) is 9.59 Å². The average Bonchev–Trinajstić information content (AvgIpc) is 2.29. The minimum Gasteiger partial charge on any atom is -0.480 e. The van der Waals surface area contributed by atoms with Crippen molar-refractivity contribution in [3.8, 4) is 0 Å². The molecule has 1 aliphatic rings. The van der Waals surface area contributed by atoms with Crippen molar-refractivity contribution in [3.63, 3.8) is 0 Å². The molecule has 98 valence electrons. The second-order valence-corrected chi connectivity index (χ2v) is 4.96. The highest BCUT2D eigenvalue weighted by Gasteiger charge is 2.22. The van der Waals surface area contributed by atoms with Gasteiger partial charge in [0.1, 0.15) is 6.04 Å². The molecule has 0 aliphatic heterocycles. The van der Waals surface area contributed by atoms with Gasteiger partial charge in [-0.25, -0.2) is 4.79 Å². The first kappa shape index (κ1) is 14.0. The molecule has 1 amide bonds. The lowest BCUT2D eigenvalue weighted by Crippen LogP contribution is -2.41. The summed E-state index contributed by atoms with van der Waals surface area (Å²) in [6, 6.07) is -0.712. The van der Waals surface area contributed by atoms with Crippen molar-refractivity contribution in [1.82, 2.24) is 5.32 Å². The van der Waals surface area contributed by atoms with E-state index in [0.717, 1.165) is 19.3 Å². The van der Waals surface area contributed by atoms with E-state index in [2.05, 4.69) is 5.32 Å². The van der Waals surface area contributed by atoms with Crippen LogP contribution in [0.1, 0.15) is 58.3 Å². The average molecular weight is 241 g/mol. The molecule has 0 bridgehead atoms. The molecule has 0 aromatic carbocycles. The van der Waals surface area contributed by atoms with Gasteiger partial charge in [0.25, 0.3) is 0 Å². The lowest BCUT2D eigenvalue weighted by Gasteiger charge is -2.22. The molecule has 0 aromatic heterocycles. The van der Waals surface area contributed by atoms with Gasteiger partial charge in [-0.2, -0.15) is 0 Å². The lowest BCUT2D eigenvalue weighted by molar-refractivity contribution is -0.142. The third kappa shape index (κ3) is 5.20. The molecule has 0 radical (unpaired) electrons. The molecule has 1 atom stereocenters. The monoisotopic (exact) mass is 241 g/mol. The first-order chi connectivity index (χ1) is 8.13. The SMILES string of the molecule is CCC[C@@H](NC(=O)CC1CCCCC1)C(=O)O. The highest BCUT2D eigenvalue weighted by Crippen LogP contribution is 2.26. The quantitative estimate of drug-likeness (QED) is 0.750. The third-order valence-electron chi connectivity index (χ3n) is 3.41. The van der Waals surface area contributed by atoms with Crippen molar-refractivity contribution in [1.29, 1.82) is 0 Å². The molecule has 4 heteroatoms. The van der Waals surface area contributed by atoms with Crippen molar-refractivity contribution in [2.75, 3.05) is 0 Å². The standard InChI is InChI=1S/C13H23NO3/c1-2-6-11(13(16)17)14-12(15)9-10-7-4-3-5-8-10/h10-11H,2-9H2,1H3,(H,14,15)(H,16,17)/t11-/m1/s1. The number of rotatable bonds is 6. The zero-order valence-corrected chi connectivity index (χ0v) is 10.6. The summed E-state index contributed by atoms with van der Waals surface area (Å²) in [4.78, 5) is 22.6. The Morgan fingerprint density at radius 1 is 1.29 bits per heavy atom. The van der Waals surface area contributed by atoms with Gasteiger partial charge in [-0.15, -0.1) is 0 Å². The van der Waals surface area contributed by atoms with Gasteiger partial charge in [-0.3, -0.25) is 4.79 Å². The third-order valence-corrected chi connectivity index (χ3v) is 3.41. The van der Waals surface area contributed by atoms with Gasteiger partial charge in [-0.05, 0) is 25.2 Å². The summed E-state index contributed by atoms with van der Waals surface area (Å²) in [7, 11) is 0. The predicted molar refractivity (Wildman–Crippen MR) is 65.7 cm³/mol. The summed E-state index contributed by atoms with van der Waals surface area (Å²) in [6.45, 7) is 1.92. The van der Waals surface area contributed by atoms with Gasteiger partial charge >= 0.3 is 5.97 Å². The largest absolute Gasteiger partial charge is 0.480 e. The van der Waals surface area contributed by atoms with Crippen molar-refractivity contribution < 1.29 is 14.7 Å². The maximum absolute atomic E-state index is 11.7. The van der Waals surface area contributed by atoms with E-state index in [0.29, 0.717) is 18.8 Å². The number of aliphatic carboxylic acids is 1.